The first-order valence-electron chi connectivity index (χ1n) is 5.28. The molecule has 0 heterocycles. The fourth-order valence-corrected chi connectivity index (χ4v) is 2.29. The number of benzene rings is 2. The molecule has 0 aliphatic carbocycles. The molecule has 0 fully saturated rings. The van der Waals surface area contributed by atoms with Gasteiger partial charge in [-0.05, 0) is 30.0 Å². The third kappa shape index (κ3) is 2.27. The summed E-state index contributed by atoms with van der Waals surface area (Å²) in [4.78, 5) is 0. The van der Waals surface area contributed by atoms with Crippen LogP contribution in [0.3, 0.4) is 0 Å². The zero-order valence-electron chi connectivity index (χ0n) is 9.11. The Hall–Kier alpha value is -1.28. The quantitative estimate of drug-likeness (QED) is 0.744. The Morgan fingerprint density at radius 3 is 2.69 bits per heavy atom. The minimum absolute atomic E-state index is 0.697. The Bertz CT molecular complexity index is 512. The third-order valence-electron chi connectivity index (χ3n) is 2.40. The lowest BCUT2D eigenvalue weighted by Gasteiger charge is -2.04. The van der Waals surface area contributed by atoms with Crippen LogP contribution in [0.2, 0.25) is 0 Å². The summed E-state index contributed by atoms with van der Waals surface area (Å²) in [5, 5.41) is 2.45. The molecule has 0 bridgehead atoms. The number of rotatable bonds is 3. The van der Waals surface area contributed by atoms with Gasteiger partial charge >= 0.3 is 0 Å². The summed E-state index contributed by atoms with van der Waals surface area (Å²) in [5.74, 6) is 0. The van der Waals surface area contributed by atoms with Gasteiger partial charge in [-0.2, -0.15) is 0 Å². The predicted molar refractivity (Wildman–Crippen MR) is 72.3 cm³/mol. The van der Waals surface area contributed by atoms with Gasteiger partial charge in [0, 0.05) is 9.86 Å². The standard InChI is InChI=1S/C14H13BrO/c1-2-16-10-9-12-6-3-5-11-7-4-8-13(15)14(11)12/h3-10H,2H2,1H3/b10-9+. The lowest BCUT2D eigenvalue weighted by Crippen LogP contribution is -1.81. The molecule has 0 aromatic heterocycles. The summed E-state index contributed by atoms with van der Waals surface area (Å²) in [5.41, 5.74) is 1.17. The number of fused-ring (bicyclic) bond motifs is 1. The minimum atomic E-state index is 0.697. The molecule has 0 amide bonds. The van der Waals surface area contributed by atoms with E-state index < -0.39 is 0 Å². The van der Waals surface area contributed by atoms with Crippen LogP contribution in [-0.2, 0) is 4.74 Å². The van der Waals surface area contributed by atoms with Crippen LogP contribution in [0.1, 0.15) is 12.5 Å². The Balaban J connectivity index is 2.52. The molecule has 0 aliphatic heterocycles. The van der Waals surface area contributed by atoms with Crippen LogP contribution in [0.5, 0.6) is 0 Å². The van der Waals surface area contributed by atoms with Gasteiger partial charge in [-0.25, -0.2) is 0 Å². The second kappa shape index (κ2) is 5.17. The van der Waals surface area contributed by atoms with Crippen molar-refractivity contribution in [2.45, 2.75) is 6.92 Å². The van der Waals surface area contributed by atoms with Gasteiger partial charge in [-0.3, -0.25) is 0 Å². The van der Waals surface area contributed by atoms with Gasteiger partial charge in [0.05, 0.1) is 12.9 Å². The van der Waals surface area contributed by atoms with Crippen LogP contribution < -0.4 is 0 Å². The maximum absolute atomic E-state index is 5.23. The molecule has 1 nitrogen and oxygen atoms in total. The van der Waals surface area contributed by atoms with Crippen molar-refractivity contribution < 1.29 is 4.74 Å². The van der Waals surface area contributed by atoms with Crippen molar-refractivity contribution in [3.05, 3.63) is 52.7 Å². The molecule has 0 N–H and O–H groups in total. The second-order valence-corrected chi connectivity index (χ2v) is 4.30. The van der Waals surface area contributed by atoms with E-state index in [0.29, 0.717) is 6.61 Å². The van der Waals surface area contributed by atoms with Crippen molar-refractivity contribution in [1.29, 1.82) is 0 Å². The van der Waals surface area contributed by atoms with Gasteiger partial charge in [-0.1, -0.05) is 46.3 Å². The lowest BCUT2D eigenvalue weighted by molar-refractivity contribution is 0.272. The lowest BCUT2D eigenvalue weighted by atomic mass is 10.0. The van der Waals surface area contributed by atoms with E-state index in [4.69, 9.17) is 4.74 Å². The molecule has 2 heteroatoms. The minimum Gasteiger partial charge on any atom is -0.501 e. The van der Waals surface area contributed by atoms with Crippen molar-refractivity contribution in [3.63, 3.8) is 0 Å². The van der Waals surface area contributed by atoms with Crippen molar-refractivity contribution in [2.24, 2.45) is 0 Å². The van der Waals surface area contributed by atoms with E-state index in [1.165, 1.54) is 16.3 Å². The van der Waals surface area contributed by atoms with E-state index in [1.54, 1.807) is 6.26 Å². The molecule has 0 radical (unpaired) electrons. The summed E-state index contributed by atoms with van der Waals surface area (Å²) in [6, 6.07) is 12.5. The highest BCUT2D eigenvalue weighted by Crippen LogP contribution is 2.27. The summed E-state index contributed by atoms with van der Waals surface area (Å²) in [6.45, 7) is 2.67. The van der Waals surface area contributed by atoms with Gasteiger partial charge in [0.15, 0.2) is 0 Å². The zero-order valence-corrected chi connectivity index (χ0v) is 10.7. The highest BCUT2D eigenvalue weighted by atomic mass is 79.9. The molecule has 0 unspecified atom stereocenters. The molecule has 16 heavy (non-hydrogen) atoms. The molecule has 0 atom stereocenters. The maximum Gasteiger partial charge on any atom is 0.0845 e. The van der Waals surface area contributed by atoms with E-state index in [1.807, 2.05) is 19.1 Å². The molecule has 2 rings (SSSR count). The van der Waals surface area contributed by atoms with E-state index in [2.05, 4.69) is 46.3 Å². The average Bonchev–Trinajstić information content (AvgIpc) is 2.30. The van der Waals surface area contributed by atoms with E-state index in [0.717, 1.165) is 4.47 Å². The maximum atomic E-state index is 5.23. The van der Waals surface area contributed by atoms with Crippen LogP contribution >= 0.6 is 15.9 Å². The molecule has 0 aliphatic rings. The highest BCUT2D eigenvalue weighted by Gasteiger charge is 2.01. The van der Waals surface area contributed by atoms with Gasteiger partial charge < -0.3 is 4.74 Å². The normalized spacial score (nSPS) is 11.1. The van der Waals surface area contributed by atoms with Crippen LogP contribution in [-0.4, -0.2) is 6.61 Å². The number of hydrogen-bond acceptors (Lipinski definition) is 1. The topological polar surface area (TPSA) is 9.23 Å². The number of ether oxygens (including phenoxy) is 1. The van der Waals surface area contributed by atoms with E-state index in [9.17, 15) is 0 Å². The van der Waals surface area contributed by atoms with Crippen molar-refractivity contribution in [3.8, 4) is 0 Å². The summed E-state index contributed by atoms with van der Waals surface area (Å²) in [7, 11) is 0. The first-order valence-corrected chi connectivity index (χ1v) is 6.07. The molecule has 0 saturated heterocycles. The Labute approximate surface area is 104 Å². The molecule has 0 saturated carbocycles. The smallest absolute Gasteiger partial charge is 0.0845 e. The second-order valence-electron chi connectivity index (χ2n) is 3.44. The predicted octanol–water partition coefficient (Wildman–Crippen LogP) is 4.61. The van der Waals surface area contributed by atoms with Crippen molar-refractivity contribution >= 4 is 32.8 Å². The van der Waals surface area contributed by atoms with Crippen molar-refractivity contribution in [1.82, 2.24) is 0 Å². The number of halogens is 1. The molecular weight excluding hydrogens is 264 g/mol. The van der Waals surface area contributed by atoms with Crippen LogP contribution in [0.4, 0.5) is 0 Å². The Morgan fingerprint density at radius 1 is 1.19 bits per heavy atom. The largest absolute Gasteiger partial charge is 0.501 e. The summed E-state index contributed by atoms with van der Waals surface area (Å²) in [6.07, 6.45) is 3.74. The molecule has 0 spiro atoms. The van der Waals surface area contributed by atoms with Gasteiger partial charge in [0.25, 0.3) is 0 Å². The SMILES string of the molecule is CCO/C=C/c1cccc2cccc(Br)c12. The van der Waals surface area contributed by atoms with Crippen LogP contribution in [0, 0.1) is 0 Å². The average molecular weight is 277 g/mol. The molecular formula is C14H13BrO. The van der Waals surface area contributed by atoms with E-state index in [-0.39, 0.29) is 0 Å². The highest BCUT2D eigenvalue weighted by molar-refractivity contribution is 9.10. The summed E-state index contributed by atoms with van der Waals surface area (Å²) < 4.78 is 6.34. The van der Waals surface area contributed by atoms with Crippen LogP contribution in [0.15, 0.2) is 47.1 Å². The van der Waals surface area contributed by atoms with Gasteiger partial charge in [0.2, 0.25) is 0 Å². The summed E-state index contributed by atoms with van der Waals surface area (Å²) >= 11 is 3.58. The monoisotopic (exact) mass is 276 g/mol. The van der Waals surface area contributed by atoms with Gasteiger partial charge in [-0.15, -0.1) is 0 Å². The zero-order chi connectivity index (χ0) is 11.4. The molecule has 82 valence electrons. The van der Waals surface area contributed by atoms with E-state index >= 15 is 0 Å². The van der Waals surface area contributed by atoms with Gasteiger partial charge in [0.1, 0.15) is 0 Å². The molecule has 2 aromatic carbocycles. The first kappa shape index (κ1) is 11.2. The Kier molecular flexibility index (Phi) is 3.62. The fraction of sp³-hybridized carbons (Fsp3) is 0.143. The number of hydrogen-bond donors (Lipinski definition) is 0. The first-order chi connectivity index (χ1) is 7.83. The molecule has 2 aromatic rings. The van der Waals surface area contributed by atoms with Crippen molar-refractivity contribution in [2.75, 3.05) is 6.61 Å². The third-order valence-corrected chi connectivity index (χ3v) is 3.06. The Morgan fingerprint density at radius 2 is 1.94 bits per heavy atom. The van der Waals surface area contributed by atoms with Crippen LogP contribution in [0.25, 0.3) is 16.8 Å². The fourth-order valence-electron chi connectivity index (χ4n) is 1.68.